The molecule has 0 unspecified atom stereocenters. The monoisotopic (exact) mass is 294 g/mol. The Kier molecular flexibility index (Phi) is 7.08. The van der Waals surface area contributed by atoms with Crippen LogP contribution in [0.4, 0.5) is 4.79 Å². The second-order valence-corrected chi connectivity index (χ2v) is 4.67. The average Bonchev–Trinajstić information content (AvgIpc) is 2.49. The number of carbonyl (C=O) groups excluding carboxylic acids is 1. The van der Waals surface area contributed by atoms with Crippen LogP contribution >= 0.6 is 0 Å². The zero-order chi connectivity index (χ0) is 15.7. The summed E-state index contributed by atoms with van der Waals surface area (Å²) in [6, 6.07) is 5.97. The maximum absolute atomic E-state index is 11.8. The van der Waals surface area contributed by atoms with E-state index >= 15 is 0 Å². The zero-order valence-electron chi connectivity index (χ0n) is 12.4. The number of nitrogens with one attached hydrogen (secondary N) is 2. The van der Waals surface area contributed by atoms with Crippen molar-refractivity contribution in [2.75, 3.05) is 7.11 Å². The van der Waals surface area contributed by atoms with Crippen LogP contribution in [0.3, 0.4) is 0 Å². The molecule has 6 nitrogen and oxygen atoms in total. The van der Waals surface area contributed by atoms with Crippen LogP contribution in [0.25, 0.3) is 0 Å². The summed E-state index contributed by atoms with van der Waals surface area (Å²) in [5.41, 5.74) is 0.829. The van der Waals surface area contributed by atoms with Gasteiger partial charge in [0.05, 0.1) is 7.11 Å². The van der Waals surface area contributed by atoms with Crippen LogP contribution in [-0.2, 0) is 11.3 Å². The highest BCUT2D eigenvalue weighted by atomic mass is 16.5. The van der Waals surface area contributed by atoms with Crippen LogP contribution < -0.4 is 15.4 Å². The number of methoxy groups -OCH3 is 1. The molecule has 3 N–H and O–H groups in total. The number of urea groups is 1. The number of carboxylic acid groups (broad SMARTS) is 1. The SMILES string of the molecule is CCCC[C@H](NC(=O)NCc1ccccc1OC)C(=O)O. The largest absolute Gasteiger partial charge is 0.496 e. The molecule has 0 fully saturated rings. The highest BCUT2D eigenvalue weighted by Crippen LogP contribution is 2.16. The zero-order valence-corrected chi connectivity index (χ0v) is 12.4. The molecule has 116 valence electrons. The Morgan fingerprint density at radius 1 is 1.33 bits per heavy atom. The topological polar surface area (TPSA) is 87.7 Å². The van der Waals surface area contributed by atoms with E-state index in [1.165, 1.54) is 0 Å². The number of unbranched alkanes of at least 4 members (excludes halogenated alkanes) is 1. The molecule has 0 aliphatic carbocycles. The molecule has 0 spiro atoms. The van der Waals surface area contributed by atoms with E-state index in [0.717, 1.165) is 18.4 Å². The first-order valence-electron chi connectivity index (χ1n) is 6.97. The molecule has 1 atom stereocenters. The molecule has 0 saturated carbocycles. The summed E-state index contributed by atoms with van der Waals surface area (Å²) in [5, 5.41) is 14.2. The van der Waals surface area contributed by atoms with Crippen molar-refractivity contribution >= 4 is 12.0 Å². The van der Waals surface area contributed by atoms with Crippen molar-refractivity contribution in [3.8, 4) is 5.75 Å². The van der Waals surface area contributed by atoms with Gasteiger partial charge in [0.15, 0.2) is 0 Å². The first kappa shape index (κ1) is 16.8. The lowest BCUT2D eigenvalue weighted by Gasteiger charge is -2.15. The summed E-state index contributed by atoms with van der Waals surface area (Å²) < 4.78 is 5.18. The van der Waals surface area contributed by atoms with E-state index in [2.05, 4.69) is 10.6 Å². The molecule has 0 radical (unpaired) electrons. The van der Waals surface area contributed by atoms with E-state index in [1.807, 2.05) is 25.1 Å². The second-order valence-electron chi connectivity index (χ2n) is 4.67. The van der Waals surface area contributed by atoms with E-state index in [9.17, 15) is 9.59 Å². The predicted octanol–water partition coefficient (Wildman–Crippen LogP) is 2.14. The number of hydrogen-bond donors (Lipinski definition) is 3. The fraction of sp³-hybridized carbons (Fsp3) is 0.467. The van der Waals surface area contributed by atoms with Crippen molar-refractivity contribution in [2.45, 2.75) is 38.8 Å². The number of amides is 2. The van der Waals surface area contributed by atoms with E-state index in [0.29, 0.717) is 12.2 Å². The van der Waals surface area contributed by atoms with Crippen LogP contribution in [0.5, 0.6) is 5.75 Å². The van der Waals surface area contributed by atoms with Gasteiger partial charge < -0.3 is 20.5 Å². The van der Waals surface area contributed by atoms with Gasteiger partial charge in [-0.3, -0.25) is 0 Å². The molecule has 0 aliphatic rings. The fourth-order valence-electron chi connectivity index (χ4n) is 1.90. The number of ether oxygens (including phenoxy) is 1. The number of hydrogen-bond acceptors (Lipinski definition) is 3. The van der Waals surface area contributed by atoms with Crippen LogP contribution in [0.15, 0.2) is 24.3 Å². The molecule has 1 aromatic rings. The van der Waals surface area contributed by atoms with Crippen LogP contribution in [0.2, 0.25) is 0 Å². The average molecular weight is 294 g/mol. The Bertz CT molecular complexity index is 476. The van der Waals surface area contributed by atoms with Crippen molar-refractivity contribution in [1.29, 1.82) is 0 Å². The Morgan fingerprint density at radius 3 is 2.67 bits per heavy atom. The smallest absolute Gasteiger partial charge is 0.326 e. The van der Waals surface area contributed by atoms with E-state index in [4.69, 9.17) is 9.84 Å². The van der Waals surface area contributed by atoms with Crippen LogP contribution in [-0.4, -0.2) is 30.3 Å². The van der Waals surface area contributed by atoms with Gasteiger partial charge in [-0.2, -0.15) is 0 Å². The molecule has 0 heterocycles. The Labute approximate surface area is 124 Å². The summed E-state index contributed by atoms with van der Waals surface area (Å²) in [6.45, 7) is 2.25. The normalized spacial score (nSPS) is 11.5. The quantitative estimate of drug-likeness (QED) is 0.685. The third-order valence-corrected chi connectivity index (χ3v) is 3.08. The number of carboxylic acids is 1. The molecule has 2 amide bonds. The second kappa shape index (κ2) is 8.84. The molecule has 0 aromatic heterocycles. The molecular formula is C15H22N2O4. The Morgan fingerprint density at radius 2 is 2.05 bits per heavy atom. The van der Waals surface area contributed by atoms with E-state index < -0.39 is 18.0 Å². The summed E-state index contributed by atoms with van der Waals surface area (Å²) in [6.07, 6.45) is 2.06. The maximum atomic E-state index is 11.8. The van der Waals surface area contributed by atoms with Gasteiger partial charge >= 0.3 is 12.0 Å². The molecule has 0 saturated heterocycles. The lowest BCUT2D eigenvalue weighted by atomic mass is 10.1. The molecule has 1 aromatic carbocycles. The van der Waals surface area contributed by atoms with E-state index in [-0.39, 0.29) is 6.54 Å². The van der Waals surface area contributed by atoms with Gasteiger partial charge in [0.2, 0.25) is 0 Å². The molecular weight excluding hydrogens is 272 g/mol. The first-order chi connectivity index (χ1) is 10.1. The van der Waals surface area contributed by atoms with Crippen molar-refractivity contribution in [3.05, 3.63) is 29.8 Å². The van der Waals surface area contributed by atoms with Gasteiger partial charge in [-0.25, -0.2) is 9.59 Å². The van der Waals surface area contributed by atoms with E-state index in [1.54, 1.807) is 13.2 Å². The van der Waals surface area contributed by atoms with Crippen molar-refractivity contribution in [1.82, 2.24) is 10.6 Å². The number of aliphatic carboxylic acids is 1. The lowest BCUT2D eigenvalue weighted by molar-refractivity contribution is -0.139. The third-order valence-electron chi connectivity index (χ3n) is 3.08. The number of para-hydroxylation sites is 1. The minimum absolute atomic E-state index is 0.274. The minimum Gasteiger partial charge on any atom is -0.496 e. The Balaban J connectivity index is 2.50. The molecule has 0 bridgehead atoms. The molecule has 1 rings (SSSR count). The summed E-state index contributed by atoms with van der Waals surface area (Å²) in [5.74, 6) is -0.338. The van der Waals surface area contributed by atoms with Crippen LogP contribution in [0.1, 0.15) is 31.7 Å². The van der Waals surface area contributed by atoms with Crippen molar-refractivity contribution in [2.24, 2.45) is 0 Å². The molecule has 0 aliphatic heterocycles. The van der Waals surface area contributed by atoms with Gasteiger partial charge in [-0.15, -0.1) is 0 Å². The number of rotatable bonds is 8. The number of carbonyl (C=O) groups is 2. The summed E-state index contributed by atoms with van der Waals surface area (Å²) >= 11 is 0. The summed E-state index contributed by atoms with van der Waals surface area (Å²) in [4.78, 5) is 22.8. The number of benzene rings is 1. The molecule has 6 heteroatoms. The van der Waals surface area contributed by atoms with Crippen molar-refractivity contribution in [3.63, 3.8) is 0 Å². The first-order valence-corrected chi connectivity index (χ1v) is 6.97. The summed E-state index contributed by atoms with van der Waals surface area (Å²) in [7, 11) is 1.56. The molecule has 21 heavy (non-hydrogen) atoms. The van der Waals surface area contributed by atoms with Gasteiger partial charge in [-0.05, 0) is 12.5 Å². The van der Waals surface area contributed by atoms with Gasteiger partial charge in [-0.1, -0.05) is 38.0 Å². The Hall–Kier alpha value is -2.24. The standard InChI is InChI=1S/C15H22N2O4/c1-3-4-8-12(14(18)19)17-15(20)16-10-11-7-5-6-9-13(11)21-2/h5-7,9,12H,3-4,8,10H2,1-2H3,(H,18,19)(H2,16,17,20)/t12-/m0/s1. The lowest BCUT2D eigenvalue weighted by Crippen LogP contribution is -2.45. The van der Waals surface area contributed by atoms with Crippen LogP contribution in [0, 0.1) is 0 Å². The van der Waals surface area contributed by atoms with Crippen molar-refractivity contribution < 1.29 is 19.4 Å². The third kappa shape index (κ3) is 5.72. The van der Waals surface area contributed by atoms with Gasteiger partial charge in [0.25, 0.3) is 0 Å². The van der Waals surface area contributed by atoms with Gasteiger partial charge in [0.1, 0.15) is 11.8 Å². The fourth-order valence-corrected chi connectivity index (χ4v) is 1.90. The highest BCUT2D eigenvalue weighted by Gasteiger charge is 2.18. The highest BCUT2D eigenvalue weighted by molar-refractivity contribution is 5.82. The minimum atomic E-state index is -1.02. The van der Waals surface area contributed by atoms with Gasteiger partial charge in [0, 0.05) is 12.1 Å². The predicted molar refractivity (Wildman–Crippen MR) is 79.3 cm³/mol. The maximum Gasteiger partial charge on any atom is 0.326 e.